The molecular weight excluding hydrogens is 210 g/mol. The topological polar surface area (TPSA) is 63.6 Å². The fraction of sp³-hybridized carbons (Fsp3) is 0.571. The van der Waals surface area contributed by atoms with Gasteiger partial charge in [0, 0.05) is 42.1 Å². The molecule has 4 nitrogen and oxygen atoms in total. The SMILES string of the molecule is CS(=O)C1(S(C)(=O)=O)C=CN=CC1. The Labute approximate surface area is 80.1 Å². The van der Waals surface area contributed by atoms with Gasteiger partial charge in [0.25, 0.3) is 0 Å². The summed E-state index contributed by atoms with van der Waals surface area (Å²) in [6.45, 7) is 0. The molecule has 74 valence electrons. The van der Waals surface area contributed by atoms with Gasteiger partial charge in [-0.25, -0.2) is 8.42 Å². The summed E-state index contributed by atoms with van der Waals surface area (Å²) in [5.74, 6) is 0. The van der Waals surface area contributed by atoms with E-state index in [-0.39, 0.29) is 6.42 Å². The summed E-state index contributed by atoms with van der Waals surface area (Å²) in [6, 6.07) is 0. The number of hydrogen-bond acceptors (Lipinski definition) is 4. The Morgan fingerprint density at radius 3 is 2.38 bits per heavy atom. The summed E-state index contributed by atoms with van der Waals surface area (Å²) in [6.07, 6.45) is 6.93. The van der Waals surface area contributed by atoms with Crippen molar-refractivity contribution in [3.8, 4) is 0 Å². The molecule has 1 aliphatic heterocycles. The van der Waals surface area contributed by atoms with Crippen LogP contribution in [0.2, 0.25) is 0 Å². The van der Waals surface area contributed by atoms with Crippen LogP contribution in [0.15, 0.2) is 17.3 Å². The predicted octanol–water partition coefficient (Wildman–Crippen LogP) is 0.0940. The molecule has 0 bridgehead atoms. The average Bonchev–Trinajstić information content (AvgIpc) is 2.03. The van der Waals surface area contributed by atoms with Crippen molar-refractivity contribution in [2.24, 2.45) is 4.99 Å². The molecule has 0 aromatic rings. The summed E-state index contributed by atoms with van der Waals surface area (Å²) in [4.78, 5) is 3.76. The second-order valence-corrected chi connectivity index (χ2v) is 7.06. The summed E-state index contributed by atoms with van der Waals surface area (Å²) < 4.78 is 33.0. The minimum atomic E-state index is -3.36. The van der Waals surface area contributed by atoms with Crippen LogP contribution < -0.4 is 0 Å². The molecule has 0 aromatic heterocycles. The largest absolute Gasteiger partial charge is 0.269 e. The molecule has 13 heavy (non-hydrogen) atoms. The summed E-state index contributed by atoms with van der Waals surface area (Å²) >= 11 is 0. The van der Waals surface area contributed by atoms with Crippen molar-refractivity contribution >= 4 is 26.9 Å². The number of nitrogens with zero attached hydrogens (tertiary/aromatic N) is 1. The molecule has 2 unspecified atom stereocenters. The van der Waals surface area contributed by atoms with Crippen LogP contribution in [-0.2, 0) is 20.6 Å². The smallest absolute Gasteiger partial charge is 0.171 e. The average molecular weight is 221 g/mol. The molecule has 0 fully saturated rings. The normalized spacial score (nSPS) is 30.3. The standard InChI is InChI=1S/C7H11NO3S2/c1-12(9)7(13(2,10)11)3-5-8-6-4-7/h3,5-6H,4H2,1-2H3. The monoisotopic (exact) mass is 221 g/mol. The first-order valence-corrected chi connectivity index (χ1v) is 7.07. The van der Waals surface area contributed by atoms with Gasteiger partial charge in [-0.2, -0.15) is 0 Å². The lowest BCUT2D eigenvalue weighted by Crippen LogP contribution is -2.41. The minimum absolute atomic E-state index is 0.186. The zero-order valence-corrected chi connectivity index (χ0v) is 9.06. The second kappa shape index (κ2) is 3.34. The zero-order chi connectivity index (χ0) is 10.1. The highest BCUT2D eigenvalue weighted by Gasteiger charge is 2.42. The predicted molar refractivity (Wildman–Crippen MR) is 53.9 cm³/mol. The molecule has 0 saturated heterocycles. The van der Waals surface area contributed by atoms with Crippen LogP contribution in [0.25, 0.3) is 0 Å². The van der Waals surface area contributed by atoms with Crippen molar-refractivity contribution < 1.29 is 12.6 Å². The minimum Gasteiger partial charge on any atom is -0.269 e. The third-order valence-corrected chi connectivity index (χ3v) is 6.46. The van der Waals surface area contributed by atoms with Gasteiger partial charge in [0.15, 0.2) is 13.9 Å². The molecule has 1 aliphatic rings. The van der Waals surface area contributed by atoms with E-state index in [4.69, 9.17) is 0 Å². The van der Waals surface area contributed by atoms with Crippen molar-refractivity contribution in [2.45, 2.75) is 10.5 Å². The Morgan fingerprint density at radius 1 is 1.54 bits per heavy atom. The Hall–Kier alpha value is -0.490. The zero-order valence-electron chi connectivity index (χ0n) is 7.43. The molecule has 1 rings (SSSR count). The van der Waals surface area contributed by atoms with E-state index >= 15 is 0 Å². The van der Waals surface area contributed by atoms with Crippen molar-refractivity contribution in [3.63, 3.8) is 0 Å². The Kier molecular flexibility index (Phi) is 2.72. The molecule has 0 aromatic carbocycles. The summed E-state index contributed by atoms with van der Waals surface area (Å²) in [5, 5.41) is 0. The highest BCUT2D eigenvalue weighted by atomic mass is 32.3. The van der Waals surface area contributed by atoms with Crippen LogP contribution in [0.5, 0.6) is 0 Å². The van der Waals surface area contributed by atoms with Gasteiger partial charge in [-0.15, -0.1) is 0 Å². The Bertz CT molecular complexity index is 383. The first-order chi connectivity index (χ1) is 5.90. The van der Waals surface area contributed by atoms with Crippen LogP contribution in [0, 0.1) is 0 Å². The highest BCUT2D eigenvalue weighted by molar-refractivity contribution is 8.07. The van der Waals surface area contributed by atoms with E-state index in [1.807, 2.05) is 0 Å². The molecule has 1 heterocycles. The van der Waals surface area contributed by atoms with Gasteiger partial charge in [0.1, 0.15) is 0 Å². The molecule has 2 atom stereocenters. The Balaban J connectivity index is 3.27. The fourth-order valence-corrected chi connectivity index (χ4v) is 4.12. The van der Waals surface area contributed by atoms with Crippen LogP contribution in [-0.4, -0.2) is 35.4 Å². The van der Waals surface area contributed by atoms with Crippen LogP contribution >= 0.6 is 0 Å². The lowest BCUT2D eigenvalue weighted by atomic mass is 10.3. The van der Waals surface area contributed by atoms with E-state index in [0.717, 1.165) is 6.26 Å². The van der Waals surface area contributed by atoms with Crippen molar-refractivity contribution in [1.82, 2.24) is 0 Å². The number of hydrogen-bond donors (Lipinski definition) is 0. The van der Waals surface area contributed by atoms with Gasteiger partial charge in [0.05, 0.1) is 0 Å². The molecular formula is C7H11NO3S2. The van der Waals surface area contributed by atoms with E-state index in [1.54, 1.807) is 0 Å². The van der Waals surface area contributed by atoms with Gasteiger partial charge in [0.2, 0.25) is 0 Å². The number of aliphatic imine (C=N–C) groups is 1. The first kappa shape index (κ1) is 10.6. The maximum absolute atomic E-state index is 11.4. The van der Waals surface area contributed by atoms with Crippen LogP contribution in [0.4, 0.5) is 0 Å². The van der Waals surface area contributed by atoms with Gasteiger partial charge >= 0.3 is 0 Å². The third kappa shape index (κ3) is 1.73. The molecule has 0 N–H and O–H groups in total. The molecule has 0 saturated carbocycles. The Morgan fingerprint density at radius 2 is 2.15 bits per heavy atom. The molecule has 0 spiro atoms. The van der Waals surface area contributed by atoms with Gasteiger partial charge < -0.3 is 0 Å². The van der Waals surface area contributed by atoms with Gasteiger partial charge in [-0.1, -0.05) is 0 Å². The molecule has 0 aliphatic carbocycles. The van der Waals surface area contributed by atoms with E-state index in [2.05, 4.69) is 4.99 Å². The van der Waals surface area contributed by atoms with Crippen LogP contribution in [0.3, 0.4) is 0 Å². The maximum Gasteiger partial charge on any atom is 0.171 e. The van der Waals surface area contributed by atoms with Crippen LogP contribution in [0.1, 0.15) is 6.42 Å². The molecule has 0 amide bonds. The van der Waals surface area contributed by atoms with E-state index in [9.17, 15) is 12.6 Å². The van der Waals surface area contributed by atoms with Crippen molar-refractivity contribution in [1.29, 1.82) is 0 Å². The summed E-state index contributed by atoms with van der Waals surface area (Å²) in [5.41, 5.74) is 0. The van der Waals surface area contributed by atoms with E-state index in [1.165, 1.54) is 24.7 Å². The lowest BCUT2D eigenvalue weighted by Gasteiger charge is -2.25. The number of sulfone groups is 1. The molecule has 6 heteroatoms. The maximum atomic E-state index is 11.4. The van der Waals surface area contributed by atoms with Crippen molar-refractivity contribution in [3.05, 3.63) is 12.3 Å². The lowest BCUT2D eigenvalue weighted by molar-refractivity contribution is 0.587. The van der Waals surface area contributed by atoms with E-state index in [0.29, 0.717) is 0 Å². The summed E-state index contributed by atoms with van der Waals surface area (Å²) in [7, 11) is -4.81. The fourth-order valence-electron chi connectivity index (χ4n) is 1.17. The van der Waals surface area contributed by atoms with E-state index < -0.39 is 24.7 Å². The molecule has 0 radical (unpaired) electrons. The quantitative estimate of drug-likeness (QED) is 0.664. The van der Waals surface area contributed by atoms with Gasteiger partial charge in [-0.05, 0) is 6.08 Å². The third-order valence-electron chi connectivity index (χ3n) is 2.01. The highest BCUT2D eigenvalue weighted by Crippen LogP contribution is 2.27. The van der Waals surface area contributed by atoms with Gasteiger partial charge in [-0.3, -0.25) is 9.20 Å². The number of rotatable bonds is 2. The van der Waals surface area contributed by atoms with Crippen molar-refractivity contribution in [2.75, 3.05) is 12.5 Å². The second-order valence-electron chi connectivity index (χ2n) is 2.89. The first-order valence-electron chi connectivity index (χ1n) is 3.62.